The molecule has 1 fully saturated rings. The largest absolute Gasteiger partial charge is 0.379 e. The van der Waals surface area contributed by atoms with Gasteiger partial charge in [0, 0.05) is 26.8 Å². The fraction of sp³-hybridized carbons (Fsp3) is 0.643. The van der Waals surface area contributed by atoms with Gasteiger partial charge in [0.25, 0.3) is 0 Å². The Kier molecular flexibility index (Phi) is 5.22. The molecule has 3 heterocycles. The molecule has 1 atom stereocenters. The molecule has 1 N–H and O–H groups in total. The van der Waals surface area contributed by atoms with Gasteiger partial charge in [-0.15, -0.1) is 0 Å². The smallest absolute Gasteiger partial charge is 0.164 e. The van der Waals surface area contributed by atoms with Crippen LogP contribution in [-0.2, 0) is 16.5 Å². The van der Waals surface area contributed by atoms with Gasteiger partial charge in [-0.1, -0.05) is 0 Å². The summed E-state index contributed by atoms with van der Waals surface area (Å²) in [6, 6.07) is 0. The summed E-state index contributed by atoms with van der Waals surface area (Å²) in [7, 11) is 1.86. The zero-order valence-corrected chi connectivity index (χ0v) is 14.2. The van der Waals surface area contributed by atoms with Crippen LogP contribution in [0.1, 0.15) is 19.3 Å². The molecule has 2 aromatic rings. The second kappa shape index (κ2) is 7.34. The first kappa shape index (κ1) is 15.6. The Morgan fingerprint density at radius 3 is 3.23 bits per heavy atom. The van der Waals surface area contributed by atoms with E-state index in [0.717, 1.165) is 60.5 Å². The molecule has 22 heavy (non-hydrogen) atoms. The second-order valence-corrected chi connectivity index (χ2v) is 6.08. The third-order valence-electron chi connectivity index (χ3n) is 3.66. The Balaban J connectivity index is 1.45. The second-order valence-electron chi connectivity index (χ2n) is 5.33. The van der Waals surface area contributed by atoms with Crippen molar-refractivity contribution in [3.63, 3.8) is 0 Å². The van der Waals surface area contributed by atoms with E-state index in [1.807, 2.05) is 7.05 Å². The lowest BCUT2D eigenvalue weighted by molar-refractivity contribution is 0.0172. The summed E-state index contributed by atoms with van der Waals surface area (Å²) in [5.41, 5.74) is 0.805. The molecular formula is C14H20BrN5O2. The van der Waals surface area contributed by atoms with Gasteiger partial charge in [-0.3, -0.25) is 0 Å². The number of fused-ring (bicyclic) bond motifs is 1. The highest BCUT2D eigenvalue weighted by molar-refractivity contribution is 9.10. The Bertz CT molecular complexity index is 627. The molecule has 7 nitrogen and oxygen atoms in total. The van der Waals surface area contributed by atoms with E-state index in [1.54, 1.807) is 11.0 Å². The number of nitrogens with one attached hydrogen (secondary N) is 1. The number of aromatic nitrogens is 4. The van der Waals surface area contributed by atoms with E-state index < -0.39 is 0 Å². The maximum Gasteiger partial charge on any atom is 0.164 e. The van der Waals surface area contributed by atoms with Gasteiger partial charge in [-0.05, 0) is 35.2 Å². The van der Waals surface area contributed by atoms with Gasteiger partial charge in [0.05, 0.1) is 18.1 Å². The maximum absolute atomic E-state index is 5.65. The average Bonchev–Trinajstić information content (AvgIpc) is 3.12. The molecule has 1 aliphatic heterocycles. The Morgan fingerprint density at radius 1 is 1.50 bits per heavy atom. The minimum absolute atomic E-state index is 0.292. The maximum atomic E-state index is 5.65. The van der Waals surface area contributed by atoms with E-state index in [9.17, 15) is 0 Å². The number of aryl methyl sites for hydroxylation is 1. The molecular weight excluding hydrogens is 350 g/mol. The predicted molar refractivity (Wildman–Crippen MR) is 86.9 cm³/mol. The number of rotatable bonds is 7. The van der Waals surface area contributed by atoms with E-state index in [2.05, 4.69) is 36.3 Å². The van der Waals surface area contributed by atoms with Crippen molar-refractivity contribution in [3.8, 4) is 0 Å². The highest BCUT2D eigenvalue weighted by Gasteiger charge is 2.15. The van der Waals surface area contributed by atoms with Crippen molar-refractivity contribution in [1.29, 1.82) is 0 Å². The summed E-state index contributed by atoms with van der Waals surface area (Å²) < 4.78 is 13.7. The third kappa shape index (κ3) is 3.56. The lowest BCUT2D eigenvalue weighted by Crippen LogP contribution is -2.15. The molecule has 1 saturated heterocycles. The van der Waals surface area contributed by atoms with Crippen LogP contribution < -0.4 is 5.32 Å². The summed E-state index contributed by atoms with van der Waals surface area (Å²) in [4.78, 5) is 8.54. The van der Waals surface area contributed by atoms with Crippen molar-refractivity contribution >= 4 is 32.8 Å². The van der Waals surface area contributed by atoms with Crippen molar-refractivity contribution in [2.45, 2.75) is 25.4 Å². The summed E-state index contributed by atoms with van der Waals surface area (Å²) >= 11 is 3.45. The van der Waals surface area contributed by atoms with Crippen LogP contribution in [0.15, 0.2) is 10.9 Å². The molecule has 8 heteroatoms. The number of hydrogen-bond donors (Lipinski definition) is 1. The van der Waals surface area contributed by atoms with Crippen molar-refractivity contribution in [2.24, 2.45) is 7.05 Å². The van der Waals surface area contributed by atoms with E-state index in [-0.39, 0.29) is 0 Å². The molecule has 1 unspecified atom stereocenters. The molecule has 0 radical (unpaired) electrons. The first-order valence-corrected chi connectivity index (χ1v) is 8.31. The first-order chi connectivity index (χ1) is 10.8. The van der Waals surface area contributed by atoms with E-state index >= 15 is 0 Å². The van der Waals surface area contributed by atoms with Crippen LogP contribution in [0.5, 0.6) is 0 Å². The number of nitrogens with zero attached hydrogens (tertiary/aromatic N) is 4. The molecule has 0 bridgehead atoms. The van der Waals surface area contributed by atoms with Crippen molar-refractivity contribution in [2.75, 3.05) is 31.7 Å². The fourth-order valence-corrected chi connectivity index (χ4v) is 3.15. The van der Waals surface area contributed by atoms with Crippen molar-refractivity contribution < 1.29 is 9.47 Å². The van der Waals surface area contributed by atoms with Crippen molar-refractivity contribution in [3.05, 3.63) is 10.9 Å². The highest BCUT2D eigenvalue weighted by atomic mass is 79.9. The molecule has 1 aliphatic rings. The van der Waals surface area contributed by atoms with Gasteiger partial charge in [0.2, 0.25) is 0 Å². The molecule has 0 saturated carbocycles. The summed E-state index contributed by atoms with van der Waals surface area (Å²) in [5, 5.41) is 8.54. The molecule has 120 valence electrons. The van der Waals surface area contributed by atoms with Gasteiger partial charge in [0.1, 0.15) is 16.7 Å². The fourth-order valence-electron chi connectivity index (χ4n) is 2.55. The van der Waals surface area contributed by atoms with E-state index in [1.165, 1.54) is 0 Å². The van der Waals surface area contributed by atoms with E-state index in [4.69, 9.17) is 9.47 Å². The number of hydrogen-bond acceptors (Lipinski definition) is 6. The van der Waals surface area contributed by atoms with Crippen LogP contribution >= 0.6 is 15.9 Å². The van der Waals surface area contributed by atoms with Gasteiger partial charge < -0.3 is 14.8 Å². The summed E-state index contributed by atoms with van der Waals surface area (Å²) in [6.45, 7) is 3.08. The van der Waals surface area contributed by atoms with Gasteiger partial charge in [0.15, 0.2) is 5.65 Å². The lowest BCUT2D eigenvalue weighted by atomic mass is 10.2. The molecule has 0 amide bonds. The van der Waals surface area contributed by atoms with Crippen LogP contribution in [0.2, 0.25) is 0 Å². The highest BCUT2D eigenvalue weighted by Crippen LogP contribution is 2.26. The predicted octanol–water partition coefficient (Wildman–Crippen LogP) is 2.12. The summed E-state index contributed by atoms with van der Waals surface area (Å²) in [5.74, 6) is 0.795. The minimum Gasteiger partial charge on any atom is -0.379 e. The Morgan fingerprint density at radius 2 is 2.41 bits per heavy atom. The molecule has 0 aliphatic carbocycles. The number of anilines is 1. The zero-order valence-electron chi connectivity index (χ0n) is 12.6. The third-order valence-corrected chi connectivity index (χ3v) is 4.22. The Hall–Kier alpha value is -1.25. The summed E-state index contributed by atoms with van der Waals surface area (Å²) in [6.07, 6.45) is 5.02. The zero-order chi connectivity index (χ0) is 15.4. The van der Waals surface area contributed by atoms with Crippen molar-refractivity contribution in [1.82, 2.24) is 19.7 Å². The van der Waals surface area contributed by atoms with Crippen LogP contribution in [-0.4, -0.2) is 52.2 Å². The molecule has 0 spiro atoms. The Labute approximate surface area is 137 Å². The molecule has 2 aromatic heterocycles. The average molecular weight is 370 g/mol. The molecule has 0 aromatic carbocycles. The van der Waals surface area contributed by atoms with Crippen LogP contribution in [0.4, 0.5) is 5.82 Å². The van der Waals surface area contributed by atoms with Crippen LogP contribution in [0.3, 0.4) is 0 Å². The number of halogens is 1. The first-order valence-electron chi connectivity index (χ1n) is 7.52. The standard InChI is InChI=1S/C14H20BrN5O2/c1-20-14-11(12(15)19-20)13(17-9-18-14)16-5-3-6-21-8-10-4-2-7-22-10/h9-10H,2-8H2,1H3,(H,16,17,18). The minimum atomic E-state index is 0.292. The quantitative estimate of drug-likeness (QED) is 0.753. The normalized spacial score (nSPS) is 18.2. The number of ether oxygens (including phenoxy) is 2. The van der Waals surface area contributed by atoms with Crippen LogP contribution in [0.25, 0.3) is 11.0 Å². The van der Waals surface area contributed by atoms with Crippen LogP contribution in [0, 0.1) is 0 Å². The topological polar surface area (TPSA) is 74.1 Å². The SMILES string of the molecule is Cn1nc(Br)c2c(NCCCOCC3CCCO3)ncnc21. The van der Waals surface area contributed by atoms with Gasteiger partial charge >= 0.3 is 0 Å². The molecule has 3 rings (SSSR count). The van der Waals surface area contributed by atoms with Gasteiger partial charge in [-0.2, -0.15) is 5.10 Å². The monoisotopic (exact) mass is 369 g/mol. The van der Waals surface area contributed by atoms with Gasteiger partial charge in [-0.25, -0.2) is 14.6 Å². The van der Waals surface area contributed by atoms with E-state index in [0.29, 0.717) is 12.7 Å². The lowest BCUT2D eigenvalue weighted by Gasteiger charge is -2.10.